The van der Waals surface area contributed by atoms with E-state index in [4.69, 9.17) is 39.5 Å². The molecular weight excluding hydrogens is 495 g/mol. The lowest BCUT2D eigenvalue weighted by Gasteiger charge is -2.14. The minimum Gasteiger partial charge on any atom is -0.454 e. The molecule has 0 amide bonds. The Balaban J connectivity index is 1.99. The average Bonchev–Trinajstić information content (AvgIpc) is 2.61. The van der Waals surface area contributed by atoms with Crippen molar-refractivity contribution in [3.63, 3.8) is 0 Å². The van der Waals surface area contributed by atoms with Crippen LogP contribution < -0.4 is 9.46 Å². The lowest BCUT2D eigenvalue weighted by molar-refractivity contribution is 0.466. The maximum atomic E-state index is 12.7. The van der Waals surface area contributed by atoms with Gasteiger partial charge in [0.15, 0.2) is 9.84 Å². The van der Waals surface area contributed by atoms with Gasteiger partial charge in [-0.25, -0.2) is 16.8 Å². The zero-order valence-electron chi connectivity index (χ0n) is 15.1. The summed E-state index contributed by atoms with van der Waals surface area (Å²) in [7, 11) is -7.88. The van der Waals surface area contributed by atoms with Crippen molar-refractivity contribution in [2.24, 2.45) is 0 Å². The molecule has 158 valence electrons. The number of nitrogens with one attached hydrogen (secondary N) is 1. The minimum absolute atomic E-state index is 0.00184. The molecule has 3 rings (SSSR count). The van der Waals surface area contributed by atoms with E-state index in [0.29, 0.717) is 5.02 Å². The van der Waals surface area contributed by atoms with Crippen LogP contribution in [0, 0.1) is 0 Å². The maximum Gasteiger partial charge on any atom is 0.263 e. The zero-order chi connectivity index (χ0) is 22.1. The molecular formula is C18H13Cl3N2O5S2. The van der Waals surface area contributed by atoms with Crippen molar-refractivity contribution >= 4 is 60.4 Å². The predicted octanol–water partition coefficient (Wildman–Crippen LogP) is 5.04. The van der Waals surface area contributed by atoms with Gasteiger partial charge in [-0.1, -0.05) is 34.8 Å². The Bertz CT molecular complexity index is 1330. The topological polar surface area (TPSA) is 102 Å². The van der Waals surface area contributed by atoms with Crippen LogP contribution in [0.5, 0.6) is 11.5 Å². The minimum atomic E-state index is -4.10. The third kappa shape index (κ3) is 5.35. The largest absolute Gasteiger partial charge is 0.454 e. The summed E-state index contributed by atoms with van der Waals surface area (Å²) in [5, 5.41) is 0.500. The number of sulfone groups is 1. The number of sulfonamides is 1. The monoisotopic (exact) mass is 506 g/mol. The molecule has 0 saturated heterocycles. The second-order valence-electron chi connectivity index (χ2n) is 6.05. The molecule has 0 aliphatic carbocycles. The molecule has 3 aromatic rings. The summed E-state index contributed by atoms with van der Waals surface area (Å²) in [5.41, 5.74) is -0.00184. The van der Waals surface area contributed by atoms with E-state index >= 15 is 0 Å². The Morgan fingerprint density at radius 1 is 0.867 bits per heavy atom. The van der Waals surface area contributed by atoms with Gasteiger partial charge in [0.1, 0.15) is 21.3 Å². The van der Waals surface area contributed by atoms with E-state index < -0.39 is 19.9 Å². The van der Waals surface area contributed by atoms with Crippen molar-refractivity contribution in [3.05, 3.63) is 69.9 Å². The number of anilines is 1. The summed E-state index contributed by atoms with van der Waals surface area (Å²) < 4.78 is 57.7. The first-order chi connectivity index (χ1) is 14.0. The van der Waals surface area contributed by atoms with Crippen LogP contribution in [-0.4, -0.2) is 28.1 Å². The lowest BCUT2D eigenvalue weighted by Crippen LogP contribution is -2.14. The van der Waals surface area contributed by atoms with Gasteiger partial charge in [0, 0.05) is 23.5 Å². The third-order valence-corrected chi connectivity index (χ3v) is 7.11. The Morgan fingerprint density at radius 3 is 2.23 bits per heavy atom. The van der Waals surface area contributed by atoms with Gasteiger partial charge in [-0.2, -0.15) is 0 Å². The number of halogens is 3. The second-order valence-corrected chi connectivity index (χ2v) is 11.0. The predicted molar refractivity (Wildman–Crippen MR) is 116 cm³/mol. The van der Waals surface area contributed by atoms with E-state index in [1.165, 1.54) is 48.8 Å². The maximum absolute atomic E-state index is 12.7. The van der Waals surface area contributed by atoms with Gasteiger partial charge in [0.05, 0.1) is 21.9 Å². The smallest absolute Gasteiger partial charge is 0.263 e. The van der Waals surface area contributed by atoms with Crippen LogP contribution in [0.4, 0.5) is 5.69 Å². The number of ether oxygens (including phenoxy) is 1. The molecule has 0 fully saturated rings. The Kier molecular flexibility index (Phi) is 6.49. The van der Waals surface area contributed by atoms with Crippen molar-refractivity contribution < 1.29 is 21.6 Å². The molecule has 30 heavy (non-hydrogen) atoms. The molecule has 0 aliphatic heterocycles. The zero-order valence-corrected chi connectivity index (χ0v) is 19.0. The Hall–Kier alpha value is -2.04. The molecule has 0 atom stereocenters. The fourth-order valence-electron chi connectivity index (χ4n) is 2.42. The average molecular weight is 508 g/mol. The summed E-state index contributed by atoms with van der Waals surface area (Å²) in [6, 6.07) is 9.18. The van der Waals surface area contributed by atoms with Gasteiger partial charge in [-0.05, 0) is 36.4 Å². The summed E-state index contributed by atoms with van der Waals surface area (Å²) in [5.74, 6) is 0.197. The van der Waals surface area contributed by atoms with Crippen LogP contribution in [0.15, 0.2) is 64.6 Å². The molecule has 0 radical (unpaired) electrons. The molecule has 1 heterocycles. The van der Waals surface area contributed by atoms with Gasteiger partial charge < -0.3 is 4.74 Å². The van der Waals surface area contributed by atoms with E-state index in [-0.39, 0.29) is 37.0 Å². The highest BCUT2D eigenvalue weighted by molar-refractivity contribution is 7.93. The van der Waals surface area contributed by atoms with E-state index in [2.05, 4.69) is 9.71 Å². The van der Waals surface area contributed by atoms with Crippen LogP contribution >= 0.6 is 34.8 Å². The molecule has 0 bridgehead atoms. The van der Waals surface area contributed by atoms with Gasteiger partial charge in [0.25, 0.3) is 10.0 Å². The third-order valence-electron chi connectivity index (χ3n) is 3.69. The fourth-order valence-corrected chi connectivity index (χ4v) is 5.23. The molecule has 1 aromatic heterocycles. The van der Waals surface area contributed by atoms with Crippen molar-refractivity contribution in [1.82, 2.24) is 4.98 Å². The summed E-state index contributed by atoms with van der Waals surface area (Å²) in [6.07, 6.45) is 3.72. The number of hydrogen-bond donors (Lipinski definition) is 1. The number of pyridine rings is 1. The van der Waals surface area contributed by atoms with Crippen molar-refractivity contribution in [2.45, 2.75) is 9.79 Å². The highest BCUT2D eigenvalue weighted by Crippen LogP contribution is 2.33. The Labute approximate surface area is 188 Å². The standard InChI is InChI=1S/C18H13Cl3N2O5S2/c1-29(24,25)18-8-13(3-4-16(18)28-14-6-12(20)9-22-10-14)23-30(26,27)17-5-2-11(19)7-15(17)21/h2-10,23H,1H3. The van der Waals surface area contributed by atoms with E-state index in [0.717, 1.165) is 12.3 Å². The SMILES string of the molecule is CS(=O)(=O)c1cc(NS(=O)(=O)c2ccc(Cl)cc2Cl)ccc1Oc1cncc(Cl)c1. The lowest BCUT2D eigenvalue weighted by atomic mass is 10.3. The second kappa shape index (κ2) is 8.60. The molecule has 0 aliphatic rings. The number of aromatic nitrogens is 1. The van der Waals surface area contributed by atoms with Gasteiger partial charge in [0.2, 0.25) is 0 Å². The summed E-state index contributed by atoms with van der Waals surface area (Å²) in [6.45, 7) is 0. The molecule has 0 unspecified atom stereocenters. The number of nitrogens with zero attached hydrogens (tertiary/aromatic N) is 1. The van der Waals surface area contributed by atoms with Crippen molar-refractivity contribution in [1.29, 1.82) is 0 Å². The summed E-state index contributed by atoms with van der Waals surface area (Å²) in [4.78, 5) is 3.43. The highest BCUT2D eigenvalue weighted by Gasteiger charge is 2.21. The van der Waals surface area contributed by atoms with Crippen molar-refractivity contribution in [3.8, 4) is 11.5 Å². The van der Waals surface area contributed by atoms with Crippen molar-refractivity contribution in [2.75, 3.05) is 11.0 Å². The molecule has 0 spiro atoms. The number of rotatable bonds is 6. The van der Waals surface area contributed by atoms with Crippen LogP contribution in [0.2, 0.25) is 15.1 Å². The van der Waals surface area contributed by atoms with Crippen LogP contribution in [0.25, 0.3) is 0 Å². The van der Waals surface area contributed by atoms with E-state index in [1.54, 1.807) is 0 Å². The van der Waals surface area contributed by atoms with Gasteiger partial charge in [-0.3, -0.25) is 9.71 Å². The molecule has 12 heteroatoms. The number of benzene rings is 2. The van der Waals surface area contributed by atoms with Crippen LogP contribution in [0.1, 0.15) is 0 Å². The highest BCUT2D eigenvalue weighted by atomic mass is 35.5. The van der Waals surface area contributed by atoms with Gasteiger partial charge >= 0.3 is 0 Å². The molecule has 0 saturated carbocycles. The van der Waals surface area contributed by atoms with Gasteiger partial charge in [-0.15, -0.1) is 0 Å². The first-order valence-electron chi connectivity index (χ1n) is 8.06. The number of hydrogen-bond acceptors (Lipinski definition) is 6. The fraction of sp³-hybridized carbons (Fsp3) is 0.0556. The molecule has 7 nitrogen and oxygen atoms in total. The Morgan fingerprint density at radius 2 is 1.60 bits per heavy atom. The van der Waals surface area contributed by atoms with Crippen LogP contribution in [0.3, 0.4) is 0 Å². The first kappa shape index (κ1) is 22.6. The van der Waals surface area contributed by atoms with Crippen LogP contribution in [-0.2, 0) is 19.9 Å². The first-order valence-corrected chi connectivity index (χ1v) is 12.6. The normalized spacial score (nSPS) is 11.9. The molecule has 2 aromatic carbocycles. The quantitative estimate of drug-likeness (QED) is 0.501. The summed E-state index contributed by atoms with van der Waals surface area (Å²) >= 11 is 17.6. The van der Waals surface area contributed by atoms with E-state index in [1.807, 2.05) is 0 Å². The van der Waals surface area contributed by atoms with E-state index in [9.17, 15) is 16.8 Å². The molecule has 1 N–H and O–H groups in total.